The molecule has 0 aliphatic carbocycles. The Morgan fingerprint density at radius 3 is 2.34 bits per heavy atom. The molecule has 0 unspecified atom stereocenters. The summed E-state index contributed by atoms with van der Waals surface area (Å²) < 4.78 is 17.6. The Bertz CT molecular complexity index is 1070. The summed E-state index contributed by atoms with van der Waals surface area (Å²) in [6, 6.07) is 6.74. The number of phenols is 2. The van der Waals surface area contributed by atoms with Gasteiger partial charge in [-0.3, -0.25) is 4.90 Å². The molecule has 0 bridgehead atoms. The lowest BCUT2D eigenvalue weighted by Gasteiger charge is -2.33. The molecule has 10 heteroatoms. The highest BCUT2D eigenvalue weighted by Gasteiger charge is 2.27. The number of nitrogens with zero attached hydrogens (tertiary/aromatic N) is 2. The summed E-state index contributed by atoms with van der Waals surface area (Å²) >= 11 is 5.55. The maximum absolute atomic E-state index is 10.6. The number of benzene rings is 2. The van der Waals surface area contributed by atoms with Crippen molar-refractivity contribution in [2.24, 2.45) is 5.84 Å². The van der Waals surface area contributed by atoms with E-state index in [1.165, 1.54) is 6.07 Å². The van der Waals surface area contributed by atoms with Gasteiger partial charge in [0.2, 0.25) is 0 Å². The standard InChI is InChI=1S/C25H34N4O5S/c1-5-17-12-18(22(31)15-21(17)30)16(4)29(25(35)27-26)20-14-23(33-6-2)19(13-24(20)34-7-3)28-8-10-32-11-9-28/h12-15,30-31H,4-11,26H2,1-3H3,(H,27,35). The first-order valence-corrected chi connectivity index (χ1v) is 12.1. The molecule has 190 valence electrons. The number of phenolic OH excluding ortho intramolecular Hbond substituents is 2. The van der Waals surface area contributed by atoms with E-state index in [1.807, 2.05) is 32.9 Å². The van der Waals surface area contributed by atoms with Gasteiger partial charge >= 0.3 is 0 Å². The average molecular weight is 503 g/mol. The minimum atomic E-state index is -0.137. The van der Waals surface area contributed by atoms with Crippen LogP contribution in [0, 0.1) is 0 Å². The molecule has 1 aliphatic rings. The zero-order valence-corrected chi connectivity index (χ0v) is 21.3. The largest absolute Gasteiger partial charge is 0.508 e. The van der Waals surface area contributed by atoms with Gasteiger partial charge in [-0.15, -0.1) is 0 Å². The van der Waals surface area contributed by atoms with E-state index in [1.54, 1.807) is 11.0 Å². The second kappa shape index (κ2) is 12.0. The van der Waals surface area contributed by atoms with Crippen LogP contribution in [0.15, 0.2) is 30.8 Å². The molecule has 0 saturated carbocycles. The molecule has 2 aromatic carbocycles. The number of hydrogen-bond acceptors (Lipinski definition) is 8. The Balaban J connectivity index is 2.19. The molecule has 1 heterocycles. The van der Waals surface area contributed by atoms with Gasteiger partial charge in [0.25, 0.3) is 0 Å². The zero-order valence-electron chi connectivity index (χ0n) is 20.5. The molecule has 0 spiro atoms. The predicted molar refractivity (Wildman–Crippen MR) is 142 cm³/mol. The first-order valence-electron chi connectivity index (χ1n) is 11.7. The minimum Gasteiger partial charge on any atom is -0.508 e. The molecule has 3 rings (SSSR count). The fraction of sp³-hybridized carbons (Fsp3) is 0.400. The Morgan fingerprint density at radius 2 is 1.74 bits per heavy atom. The maximum Gasteiger partial charge on any atom is 0.192 e. The summed E-state index contributed by atoms with van der Waals surface area (Å²) in [5, 5.41) is 20.9. The van der Waals surface area contributed by atoms with Crippen molar-refractivity contribution in [3.8, 4) is 23.0 Å². The highest BCUT2D eigenvalue weighted by molar-refractivity contribution is 7.80. The van der Waals surface area contributed by atoms with E-state index in [-0.39, 0.29) is 16.6 Å². The van der Waals surface area contributed by atoms with Gasteiger partial charge in [0.05, 0.1) is 43.5 Å². The number of nitrogens with one attached hydrogen (secondary N) is 1. The van der Waals surface area contributed by atoms with E-state index >= 15 is 0 Å². The second-order valence-electron chi connectivity index (χ2n) is 7.84. The molecule has 0 atom stereocenters. The third kappa shape index (κ3) is 5.72. The number of rotatable bonds is 9. The highest BCUT2D eigenvalue weighted by atomic mass is 32.1. The van der Waals surface area contributed by atoms with E-state index in [0.717, 1.165) is 18.8 Å². The Morgan fingerprint density at radius 1 is 1.09 bits per heavy atom. The van der Waals surface area contributed by atoms with E-state index in [2.05, 4.69) is 16.9 Å². The van der Waals surface area contributed by atoms with Crippen LogP contribution in [0.25, 0.3) is 5.70 Å². The lowest BCUT2D eigenvalue weighted by Crippen LogP contribution is -2.42. The van der Waals surface area contributed by atoms with Crippen LogP contribution >= 0.6 is 12.2 Å². The minimum absolute atomic E-state index is 0.0103. The van der Waals surface area contributed by atoms with Gasteiger partial charge in [-0.05, 0) is 44.1 Å². The fourth-order valence-electron chi connectivity index (χ4n) is 4.01. The molecule has 0 radical (unpaired) electrons. The summed E-state index contributed by atoms with van der Waals surface area (Å²) in [4.78, 5) is 3.79. The third-order valence-electron chi connectivity index (χ3n) is 5.72. The smallest absolute Gasteiger partial charge is 0.192 e. The number of nitrogens with two attached hydrogens (primary N) is 1. The van der Waals surface area contributed by atoms with Gasteiger partial charge in [0.1, 0.15) is 23.0 Å². The van der Waals surface area contributed by atoms with Gasteiger partial charge in [-0.25, -0.2) is 5.84 Å². The monoisotopic (exact) mass is 502 g/mol. The van der Waals surface area contributed by atoms with Gasteiger partial charge in [-0.2, -0.15) is 0 Å². The van der Waals surface area contributed by atoms with Crippen LogP contribution in [0.4, 0.5) is 11.4 Å². The van der Waals surface area contributed by atoms with Gasteiger partial charge in [0.15, 0.2) is 5.11 Å². The van der Waals surface area contributed by atoms with Gasteiger partial charge < -0.3 is 34.7 Å². The van der Waals surface area contributed by atoms with E-state index in [0.29, 0.717) is 66.9 Å². The lowest BCUT2D eigenvalue weighted by molar-refractivity contribution is 0.122. The molecule has 1 fully saturated rings. The molecule has 1 saturated heterocycles. The van der Waals surface area contributed by atoms with Crippen molar-refractivity contribution in [2.45, 2.75) is 27.2 Å². The first-order chi connectivity index (χ1) is 16.9. The normalized spacial score (nSPS) is 13.3. The Hall–Kier alpha value is -3.21. The topological polar surface area (TPSA) is 113 Å². The summed E-state index contributed by atoms with van der Waals surface area (Å²) in [6.45, 7) is 13.5. The number of ether oxygens (including phenoxy) is 3. The highest BCUT2D eigenvalue weighted by Crippen LogP contribution is 2.44. The molecule has 35 heavy (non-hydrogen) atoms. The van der Waals surface area contributed by atoms with Crippen LogP contribution in [-0.4, -0.2) is 54.8 Å². The van der Waals surface area contributed by atoms with E-state index in [9.17, 15) is 10.2 Å². The summed E-state index contributed by atoms with van der Waals surface area (Å²) in [5.41, 5.74) is 5.36. The second-order valence-corrected chi connectivity index (χ2v) is 8.22. The number of hydrazine groups is 1. The lowest BCUT2D eigenvalue weighted by atomic mass is 10.0. The van der Waals surface area contributed by atoms with Crippen molar-refractivity contribution in [1.82, 2.24) is 5.43 Å². The van der Waals surface area contributed by atoms with Crippen molar-refractivity contribution in [3.63, 3.8) is 0 Å². The third-order valence-corrected chi connectivity index (χ3v) is 6.02. The molecule has 1 aliphatic heterocycles. The number of aryl methyl sites for hydroxylation is 1. The molecular weight excluding hydrogens is 468 g/mol. The molecule has 0 aromatic heterocycles. The van der Waals surface area contributed by atoms with Crippen molar-refractivity contribution in [2.75, 3.05) is 49.3 Å². The van der Waals surface area contributed by atoms with Crippen molar-refractivity contribution in [1.29, 1.82) is 0 Å². The van der Waals surface area contributed by atoms with Gasteiger partial charge in [-0.1, -0.05) is 13.5 Å². The van der Waals surface area contributed by atoms with Crippen LogP contribution in [0.1, 0.15) is 31.9 Å². The van der Waals surface area contributed by atoms with Crippen LogP contribution in [0.2, 0.25) is 0 Å². The molecular formula is C25H34N4O5S. The number of morpholine rings is 1. The summed E-state index contributed by atoms with van der Waals surface area (Å²) in [6.07, 6.45) is 0.568. The van der Waals surface area contributed by atoms with Crippen LogP contribution in [0.5, 0.6) is 23.0 Å². The van der Waals surface area contributed by atoms with Crippen molar-refractivity contribution in [3.05, 3.63) is 42.0 Å². The fourth-order valence-corrected chi connectivity index (χ4v) is 4.21. The van der Waals surface area contributed by atoms with Crippen LogP contribution < -0.4 is 30.5 Å². The first kappa shape index (κ1) is 26.4. The summed E-state index contributed by atoms with van der Waals surface area (Å²) in [5.74, 6) is 6.81. The predicted octanol–water partition coefficient (Wildman–Crippen LogP) is 3.52. The van der Waals surface area contributed by atoms with Crippen molar-refractivity contribution < 1.29 is 24.4 Å². The molecule has 0 amide bonds. The van der Waals surface area contributed by atoms with E-state index < -0.39 is 0 Å². The van der Waals surface area contributed by atoms with Crippen LogP contribution in [-0.2, 0) is 11.2 Å². The van der Waals surface area contributed by atoms with E-state index in [4.69, 9.17) is 32.3 Å². The summed E-state index contributed by atoms with van der Waals surface area (Å²) in [7, 11) is 0. The van der Waals surface area contributed by atoms with Crippen LogP contribution in [0.3, 0.4) is 0 Å². The molecule has 9 nitrogen and oxygen atoms in total. The quantitative estimate of drug-likeness (QED) is 0.231. The Labute approximate surface area is 211 Å². The number of aromatic hydroxyl groups is 2. The SMILES string of the molecule is C=C(c1cc(CC)c(O)cc1O)N(C(=S)NN)c1cc(OCC)c(N2CCOCC2)cc1OCC. The average Bonchev–Trinajstić information content (AvgIpc) is 2.86. The number of thiocarbonyl (C=S) groups is 1. The Kier molecular flexibility index (Phi) is 9.02. The van der Waals surface area contributed by atoms with Crippen molar-refractivity contribution >= 4 is 34.4 Å². The molecule has 2 aromatic rings. The van der Waals surface area contributed by atoms with Gasteiger partial charge in [0, 0.05) is 36.9 Å². The maximum atomic E-state index is 10.6. The zero-order chi connectivity index (χ0) is 25.5. The number of anilines is 2. The number of hydrogen-bond donors (Lipinski definition) is 4. The molecule has 5 N–H and O–H groups in total.